The minimum Gasteiger partial charge on any atom is -0.325 e. The van der Waals surface area contributed by atoms with Gasteiger partial charge in [0.15, 0.2) is 0 Å². The van der Waals surface area contributed by atoms with E-state index in [0.717, 1.165) is 17.3 Å². The Bertz CT molecular complexity index is 963. The van der Waals surface area contributed by atoms with Crippen molar-refractivity contribution < 1.29 is 14.0 Å². The zero-order valence-electron chi connectivity index (χ0n) is 15.2. The van der Waals surface area contributed by atoms with E-state index in [2.05, 4.69) is 16.7 Å². The van der Waals surface area contributed by atoms with Crippen LogP contribution in [0.2, 0.25) is 0 Å². The number of hydrogen-bond acceptors (Lipinski definition) is 4. The number of amides is 2. The second kappa shape index (κ2) is 8.72. The molecule has 0 saturated carbocycles. The fourth-order valence-electron chi connectivity index (χ4n) is 2.88. The lowest BCUT2D eigenvalue weighted by atomic mass is 9.87. The van der Waals surface area contributed by atoms with E-state index >= 15 is 0 Å². The molecule has 0 radical (unpaired) electrons. The first-order valence-corrected chi connectivity index (χ1v) is 9.63. The van der Waals surface area contributed by atoms with Gasteiger partial charge in [-0.25, -0.2) is 4.39 Å². The number of rotatable bonds is 5. The maximum Gasteiger partial charge on any atom is 0.234 e. The molecule has 2 amide bonds. The molecule has 1 unspecified atom stereocenters. The molecule has 3 rings (SSSR count). The van der Waals surface area contributed by atoms with Crippen LogP contribution in [0.5, 0.6) is 0 Å². The van der Waals surface area contributed by atoms with Crippen LogP contribution >= 0.6 is 11.8 Å². The first-order chi connectivity index (χ1) is 13.5. The van der Waals surface area contributed by atoms with Crippen molar-refractivity contribution in [2.45, 2.75) is 19.3 Å². The molecule has 1 aliphatic rings. The first-order valence-electron chi connectivity index (χ1n) is 8.65. The summed E-state index contributed by atoms with van der Waals surface area (Å²) < 4.78 is 13.2. The summed E-state index contributed by atoms with van der Waals surface area (Å²) in [5.74, 6) is -1.27. The monoisotopic (exact) mass is 395 g/mol. The van der Waals surface area contributed by atoms with Crippen molar-refractivity contribution in [3.8, 4) is 6.07 Å². The van der Waals surface area contributed by atoms with Crippen molar-refractivity contribution in [2.24, 2.45) is 0 Å². The standard InChI is InChI=1S/C21H18FN3O2S/c1-13-2-8-16(9-3-13)24-20(27)12-28-21-18(11-23)17(10-19(26)25-21)14-4-6-15(22)7-5-14/h2-9,17H,10,12H2,1H3,(H,24,27)(H,25,26). The molecule has 1 aliphatic heterocycles. The Labute approximate surface area is 166 Å². The van der Waals surface area contributed by atoms with Gasteiger partial charge >= 0.3 is 0 Å². The highest BCUT2D eigenvalue weighted by molar-refractivity contribution is 8.03. The molecule has 0 saturated heterocycles. The van der Waals surface area contributed by atoms with Gasteiger partial charge in [0.25, 0.3) is 0 Å². The van der Waals surface area contributed by atoms with Crippen LogP contribution in [-0.2, 0) is 9.59 Å². The summed E-state index contributed by atoms with van der Waals surface area (Å²) in [5, 5.41) is 15.4. The van der Waals surface area contributed by atoms with Crippen LogP contribution in [0.15, 0.2) is 59.1 Å². The summed E-state index contributed by atoms with van der Waals surface area (Å²) >= 11 is 1.10. The summed E-state index contributed by atoms with van der Waals surface area (Å²) in [5.41, 5.74) is 2.84. The number of aryl methyl sites for hydroxylation is 1. The first kappa shape index (κ1) is 19.6. The summed E-state index contributed by atoms with van der Waals surface area (Å²) in [6.45, 7) is 1.96. The number of hydrogen-bond donors (Lipinski definition) is 2. The molecule has 2 aromatic carbocycles. The highest BCUT2D eigenvalue weighted by Crippen LogP contribution is 2.35. The molecule has 7 heteroatoms. The maximum atomic E-state index is 13.2. The largest absolute Gasteiger partial charge is 0.325 e. The predicted molar refractivity (Wildman–Crippen MR) is 107 cm³/mol. The van der Waals surface area contributed by atoms with E-state index in [9.17, 15) is 19.2 Å². The van der Waals surface area contributed by atoms with E-state index in [1.807, 2.05) is 31.2 Å². The Balaban J connectivity index is 1.73. The van der Waals surface area contributed by atoms with Crippen molar-refractivity contribution in [1.29, 1.82) is 5.26 Å². The number of anilines is 1. The lowest BCUT2D eigenvalue weighted by molar-refractivity contribution is -0.121. The maximum absolute atomic E-state index is 13.2. The van der Waals surface area contributed by atoms with Gasteiger partial charge in [-0.05, 0) is 36.8 Å². The second-order valence-electron chi connectivity index (χ2n) is 6.41. The Morgan fingerprint density at radius 1 is 1.25 bits per heavy atom. The number of allylic oxidation sites excluding steroid dienone is 1. The molecule has 0 fully saturated rings. The molecule has 5 nitrogen and oxygen atoms in total. The number of nitrogens with one attached hydrogen (secondary N) is 2. The van der Waals surface area contributed by atoms with Crippen LogP contribution in [0.25, 0.3) is 0 Å². The minimum absolute atomic E-state index is 0.0464. The predicted octanol–water partition coefficient (Wildman–Crippen LogP) is 3.84. The number of nitriles is 1. The molecule has 2 N–H and O–H groups in total. The highest BCUT2D eigenvalue weighted by Gasteiger charge is 2.29. The van der Waals surface area contributed by atoms with E-state index in [1.165, 1.54) is 12.1 Å². The number of nitrogens with zero attached hydrogens (tertiary/aromatic N) is 1. The van der Waals surface area contributed by atoms with Gasteiger partial charge in [0.1, 0.15) is 5.82 Å². The van der Waals surface area contributed by atoms with E-state index in [1.54, 1.807) is 12.1 Å². The normalized spacial score (nSPS) is 16.3. The highest BCUT2D eigenvalue weighted by atomic mass is 32.2. The molecule has 0 bridgehead atoms. The van der Waals surface area contributed by atoms with Crippen LogP contribution in [-0.4, -0.2) is 17.6 Å². The van der Waals surface area contributed by atoms with Gasteiger partial charge in [-0.1, -0.05) is 41.6 Å². The Kier molecular flexibility index (Phi) is 6.12. The van der Waals surface area contributed by atoms with Crippen LogP contribution in [0.1, 0.15) is 23.5 Å². The molecular formula is C21H18FN3O2S. The van der Waals surface area contributed by atoms with Crippen molar-refractivity contribution in [3.05, 3.63) is 76.1 Å². The third-order valence-corrected chi connectivity index (χ3v) is 5.33. The van der Waals surface area contributed by atoms with Gasteiger partial charge in [-0.2, -0.15) is 5.26 Å². The summed E-state index contributed by atoms with van der Waals surface area (Å²) in [7, 11) is 0. The lowest BCUT2D eigenvalue weighted by Crippen LogP contribution is -2.31. The number of carbonyl (C=O) groups is 2. The number of benzene rings is 2. The number of thioether (sulfide) groups is 1. The third kappa shape index (κ3) is 4.78. The zero-order valence-corrected chi connectivity index (χ0v) is 16.0. The van der Waals surface area contributed by atoms with E-state index in [-0.39, 0.29) is 29.8 Å². The van der Waals surface area contributed by atoms with Crippen molar-refractivity contribution in [2.75, 3.05) is 11.1 Å². The van der Waals surface area contributed by atoms with E-state index < -0.39 is 5.92 Å². The van der Waals surface area contributed by atoms with E-state index in [0.29, 0.717) is 21.9 Å². The molecule has 28 heavy (non-hydrogen) atoms. The average molecular weight is 395 g/mol. The topological polar surface area (TPSA) is 82.0 Å². The quantitative estimate of drug-likeness (QED) is 0.806. The summed E-state index contributed by atoms with van der Waals surface area (Å²) in [6.07, 6.45) is 0.105. The van der Waals surface area contributed by atoms with Crippen LogP contribution in [0, 0.1) is 24.1 Å². The number of carbonyl (C=O) groups excluding carboxylic acids is 2. The fraction of sp³-hybridized carbons (Fsp3) is 0.190. The molecule has 1 heterocycles. The third-order valence-electron chi connectivity index (χ3n) is 4.31. The molecular weight excluding hydrogens is 377 g/mol. The molecule has 0 aliphatic carbocycles. The van der Waals surface area contributed by atoms with Gasteiger partial charge in [0, 0.05) is 18.0 Å². The Morgan fingerprint density at radius 2 is 1.93 bits per heavy atom. The lowest BCUT2D eigenvalue weighted by Gasteiger charge is -2.25. The van der Waals surface area contributed by atoms with Crippen LogP contribution in [0.3, 0.4) is 0 Å². The molecule has 0 aromatic heterocycles. The van der Waals surface area contributed by atoms with Gasteiger partial charge < -0.3 is 10.6 Å². The summed E-state index contributed by atoms with van der Waals surface area (Å²) in [6, 6.07) is 15.3. The minimum atomic E-state index is -0.456. The van der Waals surface area contributed by atoms with E-state index in [4.69, 9.17) is 0 Å². The van der Waals surface area contributed by atoms with Crippen molar-refractivity contribution >= 4 is 29.3 Å². The average Bonchev–Trinajstić information content (AvgIpc) is 2.68. The summed E-state index contributed by atoms with van der Waals surface area (Å²) in [4.78, 5) is 24.3. The van der Waals surface area contributed by atoms with Crippen LogP contribution < -0.4 is 10.6 Å². The molecule has 142 valence electrons. The zero-order chi connectivity index (χ0) is 20.1. The van der Waals surface area contributed by atoms with Gasteiger partial charge in [-0.15, -0.1) is 0 Å². The van der Waals surface area contributed by atoms with Crippen molar-refractivity contribution in [3.63, 3.8) is 0 Å². The molecule has 2 aromatic rings. The smallest absolute Gasteiger partial charge is 0.234 e. The van der Waals surface area contributed by atoms with Gasteiger partial charge in [0.05, 0.1) is 22.4 Å². The Hall–Kier alpha value is -3.11. The Morgan fingerprint density at radius 3 is 2.57 bits per heavy atom. The van der Waals surface area contributed by atoms with Gasteiger partial charge in [-0.3, -0.25) is 9.59 Å². The van der Waals surface area contributed by atoms with Crippen molar-refractivity contribution in [1.82, 2.24) is 5.32 Å². The molecule has 1 atom stereocenters. The number of halogens is 1. The second-order valence-corrected chi connectivity index (χ2v) is 7.40. The fourth-order valence-corrected chi connectivity index (χ4v) is 3.76. The molecule has 0 spiro atoms. The van der Waals surface area contributed by atoms with Gasteiger partial charge in [0.2, 0.25) is 11.8 Å². The SMILES string of the molecule is Cc1ccc(NC(=O)CSC2=C(C#N)C(c3ccc(F)cc3)CC(=O)N2)cc1. The van der Waals surface area contributed by atoms with Crippen LogP contribution in [0.4, 0.5) is 10.1 Å².